The molecule has 9 nitrogen and oxygen atoms in total. The third-order valence-electron chi connectivity index (χ3n) is 5.92. The number of fused-ring (bicyclic) bond motifs is 3. The quantitative estimate of drug-likeness (QED) is 0.476. The third-order valence-corrected chi connectivity index (χ3v) is 5.92. The summed E-state index contributed by atoms with van der Waals surface area (Å²) in [7, 11) is 0. The smallest absolute Gasteiger partial charge is 0.407 e. The molecule has 1 aliphatic heterocycles. The number of carboxylic acid groups (broad SMARTS) is 1. The van der Waals surface area contributed by atoms with Crippen LogP contribution in [0.3, 0.4) is 0 Å². The molecule has 2 aromatic rings. The Morgan fingerprint density at radius 2 is 1.70 bits per heavy atom. The van der Waals surface area contributed by atoms with Crippen LogP contribution < -0.4 is 10.6 Å². The maximum atomic E-state index is 12.5. The molecular weight excluding hydrogens is 428 g/mol. The fourth-order valence-corrected chi connectivity index (χ4v) is 4.38. The lowest BCUT2D eigenvalue weighted by Gasteiger charge is -2.21. The van der Waals surface area contributed by atoms with Gasteiger partial charge in [0.15, 0.2) is 6.10 Å². The second-order valence-corrected chi connectivity index (χ2v) is 8.15. The van der Waals surface area contributed by atoms with Gasteiger partial charge in [-0.25, -0.2) is 4.79 Å². The largest absolute Gasteiger partial charge is 0.481 e. The van der Waals surface area contributed by atoms with E-state index < -0.39 is 42.6 Å². The van der Waals surface area contributed by atoms with Crippen LogP contribution in [0.4, 0.5) is 4.79 Å². The zero-order chi connectivity index (χ0) is 23.4. The molecule has 0 spiro atoms. The van der Waals surface area contributed by atoms with E-state index in [0.29, 0.717) is 6.42 Å². The number of nitrogens with one attached hydrogen (secondary N) is 2. The van der Waals surface area contributed by atoms with Crippen molar-refractivity contribution in [1.82, 2.24) is 10.6 Å². The van der Waals surface area contributed by atoms with E-state index in [1.54, 1.807) is 0 Å². The van der Waals surface area contributed by atoms with Gasteiger partial charge in [0.25, 0.3) is 5.91 Å². The van der Waals surface area contributed by atoms with Gasteiger partial charge >= 0.3 is 12.1 Å². The normalized spacial score (nSPS) is 19.9. The highest BCUT2D eigenvalue weighted by atomic mass is 16.6. The Kier molecular flexibility index (Phi) is 6.90. The Bertz CT molecular complexity index is 995. The van der Waals surface area contributed by atoms with E-state index in [1.165, 1.54) is 0 Å². The number of hydrogen-bond donors (Lipinski definition) is 4. The summed E-state index contributed by atoms with van der Waals surface area (Å²) in [5.74, 6) is -1.76. The standard InChI is InChI=1S/C24H26N2O7/c27-14(11-21(28)29)12-25-23(30)22-20(9-10-32-22)26-24(31)33-13-19-17-7-3-1-5-15(17)16-6-2-4-8-18(16)19/h1-8,14,19-20,22,27H,9-13H2,(H,25,30)(H,26,31)(H,28,29)/t14?,20-,22+/m0/s1. The van der Waals surface area contributed by atoms with Crippen molar-refractivity contribution in [2.45, 2.75) is 37.0 Å². The number of carbonyl (C=O) groups excluding carboxylic acids is 2. The number of aliphatic hydroxyl groups is 1. The van der Waals surface area contributed by atoms with Gasteiger partial charge in [-0.1, -0.05) is 48.5 Å². The Morgan fingerprint density at radius 3 is 2.33 bits per heavy atom. The molecule has 1 heterocycles. The van der Waals surface area contributed by atoms with Gasteiger partial charge in [-0.3, -0.25) is 9.59 Å². The fourth-order valence-electron chi connectivity index (χ4n) is 4.38. The van der Waals surface area contributed by atoms with Crippen LogP contribution in [0.2, 0.25) is 0 Å². The minimum absolute atomic E-state index is 0.0715. The van der Waals surface area contributed by atoms with Crippen molar-refractivity contribution in [2.75, 3.05) is 19.8 Å². The molecule has 0 bridgehead atoms. The zero-order valence-electron chi connectivity index (χ0n) is 17.9. The van der Waals surface area contributed by atoms with Gasteiger partial charge in [0.05, 0.1) is 18.6 Å². The lowest BCUT2D eigenvalue weighted by Crippen LogP contribution is -2.49. The number of alkyl carbamates (subject to hydrolysis) is 1. The van der Waals surface area contributed by atoms with E-state index in [-0.39, 0.29) is 25.7 Å². The SMILES string of the molecule is O=C(O)CC(O)CNC(=O)[C@@H]1OCC[C@@H]1NC(=O)OCC1c2ccccc2-c2ccccc21. The number of aliphatic hydroxyl groups excluding tert-OH is 1. The van der Waals surface area contributed by atoms with Crippen LogP contribution in [0.5, 0.6) is 0 Å². The third kappa shape index (κ3) is 5.15. The number of aliphatic carboxylic acids is 1. The number of amides is 2. The molecule has 4 N–H and O–H groups in total. The van der Waals surface area contributed by atoms with Crippen LogP contribution in [0.25, 0.3) is 11.1 Å². The molecule has 9 heteroatoms. The number of ether oxygens (including phenoxy) is 2. The van der Waals surface area contributed by atoms with Gasteiger partial charge in [-0.05, 0) is 28.7 Å². The Balaban J connectivity index is 1.32. The molecular formula is C24H26N2O7. The summed E-state index contributed by atoms with van der Waals surface area (Å²) in [5.41, 5.74) is 4.47. The molecule has 1 aliphatic carbocycles. The van der Waals surface area contributed by atoms with Gasteiger partial charge in [0.2, 0.25) is 0 Å². The molecule has 174 valence electrons. The fraction of sp³-hybridized carbons (Fsp3) is 0.375. The minimum atomic E-state index is -1.21. The second-order valence-electron chi connectivity index (χ2n) is 8.15. The number of benzene rings is 2. The van der Waals surface area contributed by atoms with E-state index in [9.17, 15) is 19.5 Å². The minimum Gasteiger partial charge on any atom is -0.481 e. The summed E-state index contributed by atoms with van der Waals surface area (Å²) in [4.78, 5) is 35.5. The maximum Gasteiger partial charge on any atom is 0.407 e. The first kappa shape index (κ1) is 22.8. The van der Waals surface area contributed by atoms with E-state index in [4.69, 9.17) is 14.6 Å². The molecule has 3 atom stereocenters. The first-order chi connectivity index (χ1) is 15.9. The topological polar surface area (TPSA) is 134 Å². The monoisotopic (exact) mass is 454 g/mol. The Hall–Kier alpha value is -3.43. The van der Waals surface area contributed by atoms with Crippen molar-refractivity contribution in [3.05, 3.63) is 59.7 Å². The van der Waals surface area contributed by atoms with Crippen molar-refractivity contribution in [3.8, 4) is 11.1 Å². The van der Waals surface area contributed by atoms with Crippen molar-refractivity contribution in [3.63, 3.8) is 0 Å². The van der Waals surface area contributed by atoms with Gasteiger partial charge in [0, 0.05) is 19.1 Å². The molecule has 33 heavy (non-hydrogen) atoms. The lowest BCUT2D eigenvalue weighted by atomic mass is 9.98. The molecule has 1 saturated heterocycles. The number of rotatable bonds is 8. The van der Waals surface area contributed by atoms with E-state index in [0.717, 1.165) is 22.3 Å². The van der Waals surface area contributed by atoms with Gasteiger partial charge in [0.1, 0.15) is 6.61 Å². The van der Waals surface area contributed by atoms with Crippen LogP contribution in [0.15, 0.2) is 48.5 Å². The van der Waals surface area contributed by atoms with Gasteiger partial charge < -0.3 is 30.3 Å². The van der Waals surface area contributed by atoms with Crippen LogP contribution in [-0.2, 0) is 19.1 Å². The Morgan fingerprint density at radius 1 is 1.06 bits per heavy atom. The number of hydrogen-bond acceptors (Lipinski definition) is 6. The average Bonchev–Trinajstić information content (AvgIpc) is 3.38. The predicted octanol–water partition coefficient (Wildman–Crippen LogP) is 1.63. The van der Waals surface area contributed by atoms with Crippen molar-refractivity contribution < 1.29 is 34.1 Å². The molecule has 0 aromatic heterocycles. The van der Waals surface area contributed by atoms with Crippen LogP contribution in [-0.4, -0.2) is 66.2 Å². The summed E-state index contributed by atoms with van der Waals surface area (Å²) in [6, 6.07) is 15.5. The van der Waals surface area contributed by atoms with Crippen molar-refractivity contribution in [1.29, 1.82) is 0 Å². The molecule has 4 rings (SSSR count). The summed E-state index contributed by atoms with van der Waals surface area (Å²) in [5, 5.41) is 23.5. The van der Waals surface area contributed by atoms with E-state index in [2.05, 4.69) is 22.8 Å². The van der Waals surface area contributed by atoms with Crippen LogP contribution in [0.1, 0.15) is 29.9 Å². The predicted molar refractivity (Wildman–Crippen MR) is 118 cm³/mol. The molecule has 1 fully saturated rings. The first-order valence-electron chi connectivity index (χ1n) is 10.8. The molecule has 0 radical (unpaired) electrons. The summed E-state index contributed by atoms with van der Waals surface area (Å²) in [6.45, 7) is 0.221. The van der Waals surface area contributed by atoms with E-state index in [1.807, 2.05) is 36.4 Å². The summed E-state index contributed by atoms with van der Waals surface area (Å²) < 4.78 is 11.0. The average molecular weight is 454 g/mol. The van der Waals surface area contributed by atoms with Crippen LogP contribution >= 0.6 is 0 Å². The lowest BCUT2D eigenvalue weighted by molar-refractivity contribution is -0.140. The van der Waals surface area contributed by atoms with Crippen molar-refractivity contribution in [2.24, 2.45) is 0 Å². The highest BCUT2D eigenvalue weighted by Crippen LogP contribution is 2.44. The molecule has 2 amide bonds. The van der Waals surface area contributed by atoms with E-state index >= 15 is 0 Å². The van der Waals surface area contributed by atoms with Crippen molar-refractivity contribution >= 4 is 18.0 Å². The number of carboxylic acids is 1. The summed E-state index contributed by atoms with van der Waals surface area (Å²) in [6.07, 6.45) is -2.84. The molecule has 1 unspecified atom stereocenters. The summed E-state index contributed by atoms with van der Waals surface area (Å²) >= 11 is 0. The first-order valence-corrected chi connectivity index (χ1v) is 10.8. The molecule has 2 aromatic carbocycles. The maximum absolute atomic E-state index is 12.5. The van der Waals surface area contributed by atoms with Gasteiger partial charge in [-0.2, -0.15) is 0 Å². The number of carbonyl (C=O) groups is 3. The highest BCUT2D eigenvalue weighted by molar-refractivity contribution is 5.83. The molecule has 0 saturated carbocycles. The Labute approximate surface area is 190 Å². The second kappa shape index (κ2) is 10.0. The highest BCUT2D eigenvalue weighted by Gasteiger charge is 2.36. The molecule has 2 aliphatic rings. The van der Waals surface area contributed by atoms with Gasteiger partial charge in [-0.15, -0.1) is 0 Å². The zero-order valence-corrected chi connectivity index (χ0v) is 17.9. The van der Waals surface area contributed by atoms with Crippen LogP contribution in [0, 0.1) is 0 Å².